The molecule has 30 heteroatoms. The average Bonchev–Trinajstić information content (AvgIpc) is 3.03. The summed E-state index contributed by atoms with van der Waals surface area (Å²) < 4.78 is 324. The molecule has 1 rings (SSSR count). The van der Waals surface area contributed by atoms with Crippen molar-refractivity contribution in [3.05, 3.63) is 0 Å². The molecule has 2 N–H and O–H groups in total. The van der Waals surface area contributed by atoms with Gasteiger partial charge in [0, 0.05) is 13.1 Å². The maximum absolute atomic E-state index is 13.8. The van der Waals surface area contributed by atoms with Crippen molar-refractivity contribution in [1.29, 1.82) is 0 Å². The van der Waals surface area contributed by atoms with E-state index < -0.39 is 122 Å². The maximum Gasteiger partial charge on any atom is 0.407 e. The van der Waals surface area contributed by atoms with E-state index >= 15 is 0 Å². The third-order valence-electron chi connectivity index (χ3n) is 7.61. The van der Waals surface area contributed by atoms with Gasteiger partial charge in [-0.25, -0.2) is 27.2 Å². The molecule has 6 nitrogen and oxygen atoms in total. The van der Waals surface area contributed by atoms with E-state index in [4.69, 9.17) is 0 Å². The number of rotatable bonds is 18. The highest BCUT2D eigenvalue weighted by Gasteiger charge is 2.89. The molecule has 1 aliphatic rings. The number of nitrogens with one attached hydrogen (secondary N) is 2. The zero-order valence-corrected chi connectivity index (χ0v) is 25.7. The van der Waals surface area contributed by atoms with Gasteiger partial charge in [-0.15, -0.1) is 0 Å². The number of halogens is 24. The Hall–Kier alpha value is -3.14. The van der Waals surface area contributed by atoms with Crippen molar-refractivity contribution in [2.45, 2.75) is 97.8 Å². The van der Waals surface area contributed by atoms with Crippen LogP contribution in [0.25, 0.3) is 0 Å². The molecule has 2 atom stereocenters. The molecule has 0 spiro atoms. The molecule has 0 heterocycles. The lowest BCUT2D eigenvalue weighted by atomic mass is 9.81. The number of amides is 2. The van der Waals surface area contributed by atoms with Crippen molar-refractivity contribution in [3.63, 3.8) is 0 Å². The molecular weight excluding hydrogens is 836 g/mol. The smallest absolute Gasteiger partial charge is 0.407 e. The summed E-state index contributed by atoms with van der Waals surface area (Å²) in [6.07, 6.45) is -15.8. The number of carbonyl (C=O) groups excluding carboxylic acids is 2. The van der Waals surface area contributed by atoms with Crippen LogP contribution in [0.1, 0.15) is 25.7 Å². The Morgan fingerprint density at radius 3 is 1.02 bits per heavy atom. The van der Waals surface area contributed by atoms with Crippen molar-refractivity contribution in [2.24, 2.45) is 11.8 Å². The van der Waals surface area contributed by atoms with Crippen LogP contribution in [0.4, 0.5) is 115 Å². The molecule has 54 heavy (non-hydrogen) atoms. The Kier molecular flexibility index (Phi) is 14.3. The Labute approximate surface area is 284 Å². The monoisotopic (exact) mass is 858 g/mol. The molecule has 0 aromatic carbocycles. The summed E-state index contributed by atoms with van der Waals surface area (Å²) in [4.78, 5) is 23.3. The number of alkyl carbamates (subject to hydrolysis) is 2. The molecule has 2 amide bonds. The van der Waals surface area contributed by atoms with E-state index in [1.54, 1.807) is 10.6 Å². The second-order valence-electron chi connectivity index (χ2n) is 11.5. The van der Waals surface area contributed by atoms with Gasteiger partial charge in [-0.05, 0) is 31.1 Å². The van der Waals surface area contributed by atoms with Crippen LogP contribution in [0.5, 0.6) is 0 Å². The van der Waals surface area contributed by atoms with E-state index in [2.05, 4.69) is 9.47 Å². The molecule has 1 fully saturated rings. The van der Waals surface area contributed by atoms with Gasteiger partial charge in [0.1, 0.15) is 0 Å². The van der Waals surface area contributed by atoms with Gasteiger partial charge in [0.2, 0.25) is 0 Å². The Morgan fingerprint density at radius 2 is 0.759 bits per heavy atom. The zero-order chi connectivity index (χ0) is 42.9. The molecule has 1 aliphatic carbocycles. The van der Waals surface area contributed by atoms with Crippen LogP contribution in [-0.2, 0) is 9.47 Å². The molecule has 0 bridgehead atoms. The Bertz CT molecular complexity index is 1200. The Morgan fingerprint density at radius 1 is 0.481 bits per heavy atom. The third kappa shape index (κ3) is 8.79. The van der Waals surface area contributed by atoms with E-state index in [-0.39, 0.29) is 25.7 Å². The lowest BCUT2D eigenvalue weighted by Crippen LogP contribution is -2.69. The van der Waals surface area contributed by atoms with Gasteiger partial charge in [0.25, 0.3) is 0 Å². The molecule has 0 aliphatic heterocycles. The van der Waals surface area contributed by atoms with Gasteiger partial charge in [-0.1, -0.05) is 6.42 Å². The SMILES string of the molecule is O=C(NCC1CCCC(CNC(=O)OCC(F)(F)C(F)(F)C(F)(F)C(F)(F)C(F)(F)C(F)F)C1)OCC(F)(F)C(F)(F)C(F)(F)C(F)(F)C(F)(F)C(F)F. The lowest BCUT2D eigenvalue weighted by molar-refractivity contribution is -0.414. The van der Waals surface area contributed by atoms with Crippen molar-refractivity contribution < 1.29 is 124 Å². The van der Waals surface area contributed by atoms with E-state index in [1.807, 2.05) is 0 Å². The summed E-state index contributed by atoms with van der Waals surface area (Å²) in [7, 11) is 0. The van der Waals surface area contributed by atoms with Crippen LogP contribution >= 0.6 is 0 Å². The fourth-order valence-electron chi connectivity index (χ4n) is 4.37. The predicted molar refractivity (Wildman–Crippen MR) is 126 cm³/mol. The molecule has 0 radical (unpaired) electrons. The van der Waals surface area contributed by atoms with Crippen LogP contribution in [0, 0.1) is 11.8 Å². The molecular formula is C24H22F24N2O4. The first-order chi connectivity index (χ1) is 23.8. The summed E-state index contributed by atoms with van der Waals surface area (Å²) >= 11 is 0. The van der Waals surface area contributed by atoms with Gasteiger partial charge in [-0.2, -0.15) is 87.8 Å². The summed E-state index contributed by atoms with van der Waals surface area (Å²) in [6, 6.07) is 0. The minimum absolute atomic E-state index is 0.0693. The highest BCUT2D eigenvalue weighted by molar-refractivity contribution is 5.67. The normalized spacial score (nSPS) is 19.2. The third-order valence-corrected chi connectivity index (χ3v) is 7.61. The van der Waals surface area contributed by atoms with Crippen molar-refractivity contribution in [2.75, 3.05) is 26.3 Å². The van der Waals surface area contributed by atoms with Gasteiger partial charge in [-0.3, -0.25) is 0 Å². The molecule has 0 aromatic rings. The summed E-state index contributed by atoms with van der Waals surface area (Å²) in [5, 5.41) is 3.19. The number of hydrogen-bond acceptors (Lipinski definition) is 4. The maximum atomic E-state index is 13.8. The van der Waals surface area contributed by atoms with Crippen LogP contribution in [0.2, 0.25) is 0 Å². The van der Waals surface area contributed by atoms with Crippen LogP contribution in [-0.4, -0.2) is 111 Å². The number of carbonyl (C=O) groups is 2. The predicted octanol–water partition coefficient (Wildman–Crippen LogP) is 9.13. The second-order valence-corrected chi connectivity index (χ2v) is 11.5. The van der Waals surface area contributed by atoms with Crippen molar-refractivity contribution in [3.8, 4) is 0 Å². The van der Waals surface area contributed by atoms with E-state index in [0.29, 0.717) is 0 Å². The van der Waals surface area contributed by atoms with Gasteiger partial charge >= 0.3 is 84.3 Å². The number of hydrogen-bond donors (Lipinski definition) is 2. The van der Waals surface area contributed by atoms with Gasteiger partial charge < -0.3 is 20.1 Å². The molecule has 2 unspecified atom stereocenters. The number of alkyl halides is 24. The molecule has 1 saturated carbocycles. The Balaban J connectivity index is 2.76. The quantitative estimate of drug-likeness (QED) is 0.135. The summed E-state index contributed by atoms with van der Waals surface area (Å²) in [6.45, 7) is -7.85. The van der Waals surface area contributed by atoms with Crippen LogP contribution in [0.3, 0.4) is 0 Å². The highest BCUT2D eigenvalue weighted by Crippen LogP contribution is 2.59. The largest absolute Gasteiger partial charge is 0.443 e. The van der Waals surface area contributed by atoms with E-state index in [9.17, 15) is 115 Å². The van der Waals surface area contributed by atoms with Crippen LogP contribution in [0.15, 0.2) is 0 Å². The lowest BCUT2D eigenvalue weighted by Gasteiger charge is -2.38. The summed E-state index contributed by atoms with van der Waals surface area (Å²) in [5.74, 6) is -75.9. The van der Waals surface area contributed by atoms with Crippen molar-refractivity contribution in [1.82, 2.24) is 10.6 Å². The molecule has 0 saturated heterocycles. The second kappa shape index (κ2) is 15.8. The van der Waals surface area contributed by atoms with E-state index in [0.717, 1.165) is 0 Å². The molecule has 320 valence electrons. The first-order valence-corrected chi connectivity index (χ1v) is 14.0. The van der Waals surface area contributed by atoms with Crippen molar-refractivity contribution >= 4 is 12.2 Å². The van der Waals surface area contributed by atoms with Crippen LogP contribution < -0.4 is 10.6 Å². The van der Waals surface area contributed by atoms with Gasteiger partial charge in [0.05, 0.1) is 0 Å². The first-order valence-electron chi connectivity index (χ1n) is 14.0. The fourth-order valence-corrected chi connectivity index (χ4v) is 4.37. The standard InChI is InChI=1S/C24H22F24N2O4/c25-11(26)17(33,34)21(41,42)23(45,46)19(37,38)15(29,30)7-53-13(51)49-5-9-2-1-3-10(4-9)6-50-14(52)54-8-16(31,32)20(39,40)24(47,48)22(43,44)18(35,36)12(27)28/h9-12H,1-8H2,(H,49,51)(H,50,52). The minimum atomic E-state index is -7.88. The minimum Gasteiger partial charge on any atom is -0.443 e. The topological polar surface area (TPSA) is 76.7 Å². The van der Waals surface area contributed by atoms with Gasteiger partial charge in [0.15, 0.2) is 13.2 Å². The summed E-state index contributed by atoms with van der Waals surface area (Å²) in [5.41, 5.74) is 0. The first kappa shape index (κ1) is 48.9. The zero-order valence-electron chi connectivity index (χ0n) is 25.7. The highest BCUT2D eigenvalue weighted by atomic mass is 19.4. The average molecular weight is 858 g/mol. The fraction of sp³-hybridized carbons (Fsp3) is 0.917. The number of ether oxygens (including phenoxy) is 2. The van der Waals surface area contributed by atoms with E-state index in [1.165, 1.54) is 0 Å². The molecule has 0 aromatic heterocycles.